The Bertz CT molecular complexity index is 1210. The molecule has 7 nitrogen and oxygen atoms in total. The van der Waals surface area contributed by atoms with Gasteiger partial charge in [-0.05, 0) is 49.9 Å². The van der Waals surface area contributed by atoms with Crippen LogP contribution in [0.4, 0.5) is 0 Å². The molecule has 4 rings (SSSR count). The van der Waals surface area contributed by atoms with Crippen LogP contribution in [0.15, 0.2) is 23.0 Å². The molecule has 0 unspecified atom stereocenters. The lowest BCUT2D eigenvalue weighted by molar-refractivity contribution is 0.0756. The number of nitrogens with zero attached hydrogens (tertiary/aromatic N) is 3. The molecule has 0 fully saturated rings. The van der Waals surface area contributed by atoms with Crippen LogP contribution < -0.4 is 15.0 Å². The summed E-state index contributed by atoms with van der Waals surface area (Å²) in [6.45, 7) is 5.51. The molecule has 0 atom stereocenters. The molecule has 1 aliphatic heterocycles. The molecule has 1 aromatic carbocycles. The number of methoxy groups -OCH3 is 2. The molecule has 0 N–H and O–H groups in total. The van der Waals surface area contributed by atoms with Crippen molar-refractivity contribution in [2.75, 3.05) is 20.8 Å². The first-order valence-electron chi connectivity index (χ1n) is 11.0. The Labute approximate surface area is 191 Å². The van der Waals surface area contributed by atoms with E-state index in [1.807, 2.05) is 36.6 Å². The molecule has 0 radical (unpaired) electrons. The molecule has 0 saturated heterocycles. The van der Waals surface area contributed by atoms with Crippen LogP contribution >= 0.6 is 11.3 Å². The van der Waals surface area contributed by atoms with Crippen LogP contribution in [0.25, 0.3) is 10.2 Å². The zero-order chi connectivity index (χ0) is 22.8. The minimum atomic E-state index is -0.0811. The Morgan fingerprint density at radius 1 is 1.19 bits per heavy atom. The molecule has 170 valence electrons. The van der Waals surface area contributed by atoms with Crippen molar-refractivity contribution in [1.29, 1.82) is 0 Å². The fourth-order valence-electron chi connectivity index (χ4n) is 4.28. The number of amides is 1. The number of fused-ring (bicyclic) bond motifs is 2. The standard InChI is InChI=1S/C24H29N3O4S/c1-5-26(14-16-10-11-17(30-3)18(13-16)31-4)24(29)21-15(2)20-22(32-21)25-19-9-7-6-8-12-27(19)23(20)28/h10-11,13H,5-9,12,14H2,1-4H3. The smallest absolute Gasteiger partial charge is 0.264 e. The number of benzene rings is 1. The number of carbonyl (C=O) groups is 1. The van der Waals surface area contributed by atoms with Crippen molar-refractivity contribution in [2.24, 2.45) is 0 Å². The third-order valence-electron chi connectivity index (χ3n) is 6.10. The maximum absolute atomic E-state index is 13.5. The van der Waals surface area contributed by atoms with Crippen LogP contribution in [0.3, 0.4) is 0 Å². The second-order valence-corrected chi connectivity index (χ2v) is 9.04. The third kappa shape index (κ3) is 3.99. The van der Waals surface area contributed by atoms with E-state index >= 15 is 0 Å². The van der Waals surface area contributed by atoms with Crippen LogP contribution in [0, 0.1) is 6.92 Å². The highest BCUT2D eigenvalue weighted by atomic mass is 32.1. The average Bonchev–Trinajstić information content (AvgIpc) is 2.97. The summed E-state index contributed by atoms with van der Waals surface area (Å²) in [7, 11) is 3.19. The van der Waals surface area contributed by atoms with E-state index in [0.29, 0.717) is 46.2 Å². The summed E-state index contributed by atoms with van der Waals surface area (Å²) in [5, 5.41) is 0.589. The van der Waals surface area contributed by atoms with Crippen molar-refractivity contribution >= 4 is 27.5 Å². The highest BCUT2D eigenvalue weighted by Gasteiger charge is 2.25. The van der Waals surface area contributed by atoms with Gasteiger partial charge in [0, 0.05) is 26.1 Å². The summed E-state index contributed by atoms with van der Waals surface area (Å²) >= 11 is 1.33. The minimum absolute atomic E-state index is 0.0114. The van der Waals surface area contributed by atoms with Crippen LogP contribution in [0.1, 0.15) is 52.8 Å². The molecule has 0 aliphatic carbocycles. The van der Waals surface area contributed by atoms with Gasteiger partial charge in [0.05, 0.1) is 24.5 Å². The molecule has 0 spiro atoms. The largest absolute Gasteiger partial charge is 0.493 e. The van der Waals surface area contributed by atoms with E-state index in [9.17, 15) is 9.59 Å². The number of ether oxygens (including phenoxy) is 2. The minimum Gasteiger partial charge on any atom is -0.493 e. The first-order chi connectivity index (χ1) is 15.5. The normalized spacial score (nSPS) is 13.5. The summed E-state index contributed by atoms with van der Waals surface area (Å²) in [5.74, 6) is 2.04. The molecule has 1 aliphatic rings. The molecule has 2 aromatic heterocycles. The van der Waals surface area contributed by atoms with Crippen molar-refractivity contribution in [2.45, 2.75) is 52.6 Å². The van der Waals surface area contributed by atoms with E-state index in [4.69, 9.17) is 14.5 Å². The van der Waals surface area contributed by atoms with Crippen LogP contribution in [0.5, 0.6) is 11.5 Å². The number of thiophene rings is 1. The second-order valence-electron chi connectivity index (χ2n) is 8.04. The van der Waals surface area contributed by atoms with Gasteiger partial charge in [0.15, 0.2) is 11.5 Å². The van der Waals surface area contributed by atoms with Gasteiger partial charge >= 0.3 is 0 Å². The molecule has 0 bridgehead atoms. The monoisotopic (exact) mass is 455 g/mol. The van der Waals surface area contributed by atoms with Crippen molar-refractivity contribution in [3.8, 4) is 11.5 Å². The van der Waals surface area contributed by atoms with Crippen molar-refractivity contribution in [1.82, 2.24) is 14.5 Å². The SMILES string of the molecule is CCN(Cc1ccc(OC)c(OC)c1)C(=O)c1sc2nc3n(c(=O)c2c1C)CCCCC3. The third-order valence-corrected chi connectivity index (χ3v) is 7.27. The van der Waals surface area contributed by atoms with Crippen LogP contribution in [0.2, 0.25) is 0 Å². The Morgan fingerprint density at radius 2 is 1.97 bits per heavy atom. The van der Waals surface area contributed by atoms with Crippen LogP contribution in [-0.2, 0) is 19.5 Å². The van der Waals surface area contributed by atoms with Crippen molar-refractivity contribution in [3.63, 3.8) is 0 Å². The number of aromatic nitrogens is 2. The zero-order valence-electron chi connectivity index (χ0n) is 19.1. The van der Waals surface area contributed by atoms with Crippen molar-refractivity contribution < 1.29 is 14.3 Å². The maximum Gasteiger partial charge on any atom is 0.264 e. The van der Waals surface area contributed by atoms with E-state index in [2.05, 4.69) is 0 Å². The fraction of sp³-hybridized carbons (Fsp3) is 0.458. The second kappa shape index (κ2) is 9.32. The Hall–Kier alpha value is -2.87. The van der Waals surface area contributed by atoms with Gasteiger partial charge in [-0.25, -0.2) is 4.98 Å². The van der Waals surface area contributed by atoms with Crippen LogP contribution in [-0.4, -0.2) is 41.1 Å². The summed E-state index contributed by atoms with van der Waals surface area (Å²) in [6, 6.07) is 5.66. The highest BCUT2D eigenvalue weighted by molar-refractivity contribution is 7.20. The molecule has 0 saturated carbocycles. The van der Waals surface area contributed by atoms with Gasteiger partial charge in [0.25, 0.3) is 11.5 Å². The summed E-state index contributed by atoms with van der Waals surface area (Å²) in [6.07, 6.45) is 3.96. The number of hydrogen-bond acceptors (Lipinski definition) is 6. The fourth-order valence-corrected chi connectivity index (χ4v) is 5.44. The molecule has 1 amide bonds. The summed E-state index contributed by atoms with van der Waals surface area (Å²) in [5.41, 5.74) is 1.67. The topological polar surface area (TPSA) is 73.7 Å². The summed E-state index contributed by atoms with van der Waals surface area (Å²) in [4.78, 5) is 34.5. The van der Waals surface area contributed by atoms with Gasteiger partial charge < -0.3 is 14.4 Å². The molecular formula is C24H29N3O4S. The number of carbonyl (C=O) groups excluding carboxylic acids is 1. The molecule has 8 heteroatoms. The van der Waals surface area contributed by atoms with Gasteiger partial charge in [0.2, 0.25) is 0 Å². The lowest BCUT2D eigenvalue weighted by Gasteiger charge is -2.21. The Kier molecular flexibility index (Phi) is 6.50. The maximum atomic E-state index is 13.5. The molecule has 32 heavy (non-hydrogen) atoms. The van der Waals surface area contributed by atoms with E-state index in [-0.39, 0.29) is 11.5 Å². The number of aryl methyl sites for hydroxylation is 2. The van der Waals surface area contributed by atoms with Gasteiger partial charge in [0.1, 0.15) is 10.7 Å². The molecule has 3 heterocycles. The first-order valence-corrected chi connectivity index (χ1v) is 11.8. The van der Waals surface area contributed by atoms with Gasteiger partial charge in [-0.2, -0.15) is 0 Å². The van der Waals surface area contributed by atoms with Gasteiger partial charge in [-0.1, -0.05) is 12.5 Å². The number of rotatable bonds is 6. The lowest BCUT2D eigenvalue weighted by atomic mass is 10.1. The quantitative estimate of drug-likeness (QED) is 0.558. The Balaban J connectivity index is 1.68. The van der Waals surface area contributed by atoms with Gasteiger partial charge in [-0.3, -0.25) is 14.2 Å². The average molecular weight is 456 g/mol. The molecule has 3 aromatic rings. The predicted molar refractivity (Wildman–Crippen MR) is 126 cm³/mol. The van der Waals surface area contributed by atoms with E-state index in [1.54, 1.807) is 19.1 Å². The van der Waals surface area contributed by atoms with E-state index < -0.39 is 0 Å². The predicted octanol–water partition coefficient (Wildman–Crippen LogP) is 4.17. The van der Waals surface area contributed by atoms with E-state index in [0.717, 1.165) is 42.6 Å². The van der Waals surface area contributed by atoms with E-state index in [1.165, 1.54) is 11.3 Å². The highest BCUT2D eigenvalue weighted by Crippen LogP contribution is 2.31. The zero-order valence-corrected chi connectivity index (χ0v) is 19.9. The Morgan fingerprint density at radius 3 is 2.69 bits per heavy atom. The lowest BCUT2D eigenvalue weighted by Crippen LogP contribution is -2.30. The van der Waals surface area contributed by atoms with Crippen molar-refractivity contribution in [3.05, 3.63) is 50.4 Å². The van der Waals surface area contributed by atoms with Gasteiger partial charge in [-0.15, -0.1) is 11.3 Å². The number of hydrogen-bond donors (Lipinski definition) is 0. The summed E-state index contributed by atoms with van der Waals surface area (Å²) < 4.78 is 12.5. The first kappa shape index (κ1) is 22.3. The molecular weight excluding hydrogens is 426 g/mol.